The first-order chi connectivity index (χ1) is 8.46. The maximum Gasteiger partial charge on any atom is 0.222 e. The normalized spacial score (nSPS) is 11.8. The highest BCUT2D eigenvalue weighted by Gasteiger charge is 2.13. The van der Waals surface area contributed by atoms with E-state index in [4.69, 9.17) is 4.74 Å². The zero-order chi connectivity index (χ0) is 13.2. The number of ether oxygens (including phenoxy) is 1. The molecule has 2 nitrogen and oxygen atoms in total. The van der Waals surface area contributed by atoms with Crippen molar-refractivity contribution in [3.8, 4) is 5.88 Å². The molecule has 0 bridgehead atoms. The molecule has 0 saturated heterocycles. The zero-order valence-electron chi connectivity index (χ0n) is 11.0. The summed E-state index contributed by atoms with van der Waals surface area (Å²) >= 11 is 3.43. The van der Waals surface area contributed by atoms with Gasteiger partial charge in [0.1, 0.15) is 4.60 Å². The van der Waals surface area contributed by atoms with Gasteiger partial charge in [-0.05, 0) is 39.5 Å². The van der Waals surface area contributed by atoms with Crippen molar-refractivity contribution in [2.75, 3.05) is 6.61 Å². The molecule has 0 spiro atoms. The molecule has 96 valence electrons. The van der Waals surface area contributed by atoms with Crippen LogP contribution in [0.2, 0.25) is 25.7 Å². The van der Waals surface area contributed by atoms with Crippen molar-refractivity contribution in [1.29, 1.82) is 0 Å². The van der Waals surface area contributed by atoms with Gasteiger partial charge >= 0.3 is 0 Å². The Morgan fingerprint density at radius 1 is 1.22 bits per heavy atom. The van der Waals surface area contributed by atoms with E-state index in [1.54, 1.807) is 0 Å². The summed E-state index contributed by atoms with van der Waals surface area (Å²) in [5, 5.41) is 2.23. The molecule has 2 rings (SSSR count). The molecule has 0 amide bonds. The second-order valence-corrected chi connectivity index (χ2v) is 12.1. The highest BCUT2D eigenvalue weighted by molar-refractivity contribution is 9.10. The van der Waals surface area contributed by atoms with Gasteiger partial charge in [0.05, 0.1) is 6.61 Å². The van der Waals surface area contributed by atoms with Crippen molar-refractivity contribution in [3.05, 3.63) is 34.9 Å². The highest BCUT2D eigenvalue weighted by Crippen LogP contribution is 2.27. The third-order valence-corrected chi connectivity index (χ3v) is 4.88. The number of halogens is 1. The monoisotopic (exact) mass is 323 g/mol. The molecule has 0 saturated carbocycles. The lowest BCUT2D eigenvalue weighted by Gasteiger charge is -2.16. The Bertz CT molecular complexity index is 551. The molecule has 0 aliphatic heterocycles. The van der Waals surface area contributed by atoms with Gasteiger partial charge in [-0.2, -0.15) is 0 Å². The first kappa shape index (κ1) is 13.6. The smallest absolute Gasteiger partial charge is 0.222 e. The molecule has 0 N–H and O–H groups in total. The van der Waals surface area contributed by atoms with Crippen LogP contribution in [0.15, 0.2) is 34.9 Å². The van der Waals surface area contributed by atoms with Gasteiger partial charge in [-0.1, -0.05) is 37.8 Å². The molecule has 0 unspecified atom stereocenters. The minimum Gasteiger partial charge on any atom is -0.477 e. The molecule has 1 heterocycles. The Balaban J connectivity index is 2.22. The molecular formula is C14H18BrNOSi. The van der Waals surface area contributed by atoms with Crippen molar-refractivity contribution in [2.45, 2.75) is 25.7 Å². The van der Waals surface area contributed by atoms with Crippen LogP contribution in [-0.2, 0) is 0 Å². The van der Waals surface area contributed by atoms with E-state index in [0.29, 0.717) is 0 Å². The molecule has 0 radical (unpaired) electrons. The Labute approximate surface area is 118 Å². The van der Waals surface area contributed by atoms with Crippen LogP contribution in [0.3, 0.4) is 0 Å². The number of hydrogen-bond donors (Lipinski definition) is 0. The summed E-state index contributed by atoms with van der Waals surface area (Å²) in [4.78, 5) is 4.43. The fourth-order valence-corrected chi connectivity index (χ4v) is 2.82. The molecular weight excluding hydrogens is 306 g/mol. The number of aromatic nitrogens is 1. The van der Waals surface area contributed by atoms with Gasteiger partial charge in [0.25, 0.3) is 0 Å². The Kier molecular flexibility index (Phi) is 4.07. The summed E-state index contributed by atoms with van der Waals surface area (Å²) in [7, 11) is -1.06. The van der Waals surface area contributed by atoms with E-state index in [1.165, 1.54) is 0 Å². The summed E-state index contributed by atoms with van der Waals surface area (Å²) in [5.74, 6) is 0.734. The van der Waals surface area contributed by atoms with Crippen molar-refractivity contribution in [3.63, 3.8) is 0 Å². The second-order valence-electron chi connectivity index (χ2n) is 5.63. The molecule has 4 heteroatoms. The molecule has 18 heavy (non-hydrogen) atoms. The molecule has 2 aromatic rings. The number of hydrogen-bond acceptors (Lipinski definition) is 2. The second kappa shape index (κ2) is 5.41. The lowest BCUT2D eigenvalue weighted by molar-refractivity contribution is 0.329. The van der Waals surface area contributed by atoms with Crippen LogP contribution in [0.1, 0.15) is 0 Å². The van der Waals surface area contributed by atoms with Crippen LogP contribution >= 0.6 is 15.9 Å². The van der Waals surface area contributed by atoms with Crippen LogP contribution in [0.4, 0.5) is 0 Å². The topological polar surface area (TPSA) is 22.1 Å². The average Bonchev–Trinajstić information content (AvgIpc) is 2.27. The zero-order valence-corrected chi connectivity index (χ0v) is 13.6. The van der Waals surface area contributed by atoms with Gasteiger partial charge in [-0.3, -0.25) is 0 Å². The average molecular weight is 324 g/mol. The fraction of sp³-hybridized carbons (Fsp3) is 0.357. The third kappa shape index (κ3) is 3.56. The Hall–Kier alpha value is -0.873. The number of pyridine rings is 1. The highest BCUT2D eigenvalue weighted by atomic mass is 79.9. The first-order valence-electron chi connectivity index (χ1n) is 6.14. The van der Waals surface area contributed by atoms with Gasteiger partial charge in [0.2, 0.25) is 5.88 Å². The van der Waals surface area contributed by atoms with Crippen LogP contribution in [0.25, 0.3) is 10.8 Å². The predicted molar refractivity (Wildman–Crippen MR) is 83.1 cm³/mol. The fourth-order valence-electron chi connectivity index (χ4n) is 1.70. The van der Waals surface area contributed by atoms with E-state index in [1.807, 2.05) is 18.2 Å². The van der Waals surface area contributed by atoms with Gasteiger partial charge in [-0.15, -0.1) is 0 Å². The molecule has 1 aromatic heterocycles. The molecule has 0 atom stereocenters. The Morgan fingerprint density at radius 3 is 2.67 bits per heavy atom. The Morgan fingerprint density at radius 2 is 1.94 bits per heavy atom. The van der Waals surface area contributed by atoms with Gasteiger partial charge in [0, 0.05) is 13.5 Å². The SMILES string of the molecule is C[Si](C)(C)CCOc1nc(Br)cc2ccccc12. The van der Waals surface area contributed by atoms with Crippen LogP contribution < -0.4 is 4.74 Å². The summed E-state index contributed by atoms with van der Waals surface area (Å²) in [6.07, 6.45) is 0. The van der Waals surface area contributed by atoms with E-state index in [9.17, 15) is 0 Å². The molecule has 0 fully saturated rings. The first-order valence-corrected chi connectivity index (χ1v) is 10.6. The van der Waals surface area contributed by atoms with E-state index < -0.39 is 8.07 Å². The standard InChI is InChI=1S/C14H18BrNOSi/c1-18(2,3)9-8-17-14-12-7-5-4-6-11(12)10-13(15)16-14/h4-7,10H,8-9H2,1-3H3. The van der Waals surface area contributed by atoms with Crippen LogP contribution in [0, 0.1) is 0 Å². The van der Waals surface area contributed by atoms with E-state index in [0.717, 1.165) is 33.9 Å². The van der Waals surface area contributed by atoms with E-state index >= 15 is 0 Å². The lowest BCUT2D eigenvalue weighted by Crippen LogP contribution is -2.22. The van der Waals surface area contributed by atoms with Crippen molar-refractivity contribution >= 4 is 34.8 Å². The van der Waals surface area contributed by atoms with Gasteiger partial charge < -0.3 is 4.74 Å². The maximum absolute atomic E-state index is 5.87. The van der Waals surface area contributed by atoms with Crippen LogP contribution in [-0.4, -0.2) is 19.7 Å². The molecule has 1 aromatic carbocycles. The van der Waals surface area contributed by atoms with Gasteiger partial charge in [-0.25, -0.2) is 4.98 Å². The summed E-state index contributed by atoms with van der Waals surface area (Å²) in [6.45, 7) is 7.80. The minimum atomic E-state index is -1.06. The quantitative estimate of drug-likeness (QED) is 0.600. The largest absolute Gasteiger partial charge is 0.477 e. The number of nitrogens with zero attached hydrogens (tertiary/aromatic N) is 1. The number of fused-ring (bicyclic) bond motifs is 1. The number of benzene rings is 1. The van der Waals surface area contributed by atoms with Crippen molar-refractivity contribution < 1.29 is 4.74 Å². The number of rotatable bonds is 4. The molecule has 0 aliphatic carbocycles. The third-order valence-electron chi connectivity index (χ3n) is 2.77. The van der Waals surface area contributed by atoms with E-state index in [-0.39, 0.29) is 0 Å². The lowest BCUT2D eigenvalue weighted by atomic mass is 10.2. The van der Waals surface area contributed by atoms with Crippen molar-refractivity contribution in [1.82, 2.24) is 4.98 Å². The van der Waals surface area contributed by atoms with Crippen molar-refractivity contribution in [2.24, 2.45) is 0 Å². The van der Waals surface area contributed by atoms with E-state index in [2.05, 4.69) is 52.7 Å². The summed E-state index contributed by atoms with van der Waals surface area (Å²) in [5.41, 5.74) is 0. The minimum absolute atomic E-state index is 0.734. The predicted octanol–water partition coefficient (Wildman–Crippen LogP) is 4.71. The maximum atomic E-state index is 5.87. The summed E-state index contributed by atoms with van der Waals surface area (Å²) in [6, 6.07) is 11.3. The van der Waals surface area contributed by atoms with Gasteiger partial charge in [0.15, 0.2) is 0 Å². The molecule has 0 aliphatic rings. The van der Waals surface area contributed by atoms with Crippen LogP contribution in [0.5, 0.6) is 5.88 Å². The summed E-state index contributed by atoms with van der Waals surface area (Å²) < 4.78 is 6.69.